The molecule has 0 N–H and O–H groups in total. The second-order valence-corrected chi connectivity index (χ2v) is 18.2. The second kappa shape index (κ2) is 16.8. The average molecular weight is 896 g/mol. The zero-order chi connectivity index (χ0) is 46.7. The summed E-state index contributed by atoms with van der Waals surface area (Å²) in [5.41, 5.74) is 18.7. The summed E-state index contributed by atoms with van der Waals surface area (Å²) in [6.45, 7) is 4.31. The molecule has 330 valence electrons. The summed E-state index contributed by atoms with van der Waals surface area (Å²) in [6, 6.07) is 84.7. The van der Waals surface area contributed by atoms with Crippen LogP contribution in [0.25, 0.3) is 123 Å². The average Bonchev–Trinajstić information content (AvgIpc) is 3.93. The Morgan fingerprint density at radius 2 is 0.757 bits per heavy atom. The molecule has 13 aromatic rings. The fourth-order valence-electron chi connectivity index (χ4n) is 10.4. The number of para-hydroxylation sites is 2. The Morgan fingerprint density at radius 1 is 0.286 bits per heavy atom. The minimum atomic E-state index is 0.589. The zero-order valence-electron chi connectivity index (χ0n) is 38.8. The van der Waals surface area contributed by atoms with Gasteiger partial charge in [-0.05, 0) is 108 Å². The van der Waals surface area contributed by atoms with Crippen molar-refractivity contribution >= 4 is 43.6 Å². The van der Waals surface area contributed by atoms with Crippen molar-refractivity contribution in [3.8, 4) is 78.9 Å². The summed E-state index contributed by atoms with van der Waals surface area (Å²) in [7, 11) is 0. The van der Waals surface area contributed by atoms with E-state index in [-0.39, 0.29) is 0 Å². The summed E-state index contributed by atoms with van der Waals surface area (Å²) in [5.74, 6) is 1.81. The summed E-state index contributed by atoms with van der Waals surface area (Å²) in [4.78, 5) is 15.9. The molecular formula is C65H45N5. The molecule has 0 fully saturated rings. The van der Waals surface area contributed by atoms with E-state index in [1.54, 1.807) is 0 Å². The normalized spacial score (nSPS) is 11.6. The molecule has 5 nitrogen and oxygen atoms in total. The number of benzene rings is 10. The predicted octanol–water partition coefficient (Wildman–Crippen LogP) is 16.7. The van der Waals surface area contributed by atoms with Crippen LogP contribution in [0.15, 0.2) is 237 Å². The Balaban J connectivity index is 1.12. The molecule has 5 heteroatoms. The standard InChI is InChI=1S/C65H45N5/c1-42-17-14-23-46(37-42)48-31-34-58-54(39-48)55-40-49(47-24-15-18-43(2)38-47)32-35-59(55)70(58)60-36-33-50(52-28-16-30-61-62(52)53-27-12-13-29-57(53)69(61)51-25-10-5-11-26-51)41-56(60)65-67-63(44-19-6-3-7-20-44)66-64(68-65)45-21-8-4-9-22-45/h3-41H,1-2H3. The molecular weight excluding hydrogens is 851 g/mol. The first-order valence-electron chi connectivity index (χ1n) is 23.8. The molecule has 0 aliphatic rings. The van der Waals surface area contributed by atoms with Gasteiger partial charge in [0.05, 0.1) is 27.8 Å². The SMILES string of the molecule is Cc1cccc(-c2ccc3c(c2)c2cc(-c4cccc(C)c4)ccc2n3-c2ccc(-c3cccc4c3c3ccccc3n4-c3ccccc3)cc2-c2nc(-c3ccccc3)nc(-c3ccccc3)n2)c1. The van der Waals surface area contributed by atoms with Crippen LogP contribution in [0, 0.1) is 13.8 Å². The van der Waals surface area contributed by atoms with Crippen LogP contribution >= 0.6 is 0 Å². The van der Waals surface area contributed by atoms with Crippen LogP contribution in [0.2, 0.25) is 0 Å². The lowest BCUT2D eigenvalue weighted by molar-refractivity contribution is 1.06. The van der Waals surface area contributed by atoms with Crippen molar-refractivity contribution in [3.63, 3.8) is 0 Å². The van der Waals surface area contributed by atoms with E-state index in [9.17, 15) is 0 Å². The number of aromatic nitrogens is 5. The van der Waals surface area contributed by atoms with Crippen molar-refractivity contribution in [1.29, 1.82) is 0 Å². The number of fused-ring (bicyclic) bond motifs is 6. The van der Waals surface area contributed by atoms with Gasteiger partial charge in [-0.3, -0.25) is 0 Å². The minimum absolute atomic E-state index is 0.589. The van der Waals surface area contributed by atoms with Crippen LogP contribution in [0.4, 0.5) is 0 Å². The summed E-state index contributed by atoms with van der Waals surface area (Å²) >= 11 is 0. The lowest BCUT2D eigenvalue weighted by atomic mass is 9.96. The van der Waals surface area contributed by atoms with Gasteiger partial charge in [-0.2, -0.15) is 0 Å². The fourth-order valence-corrected chi connectivity index (χ4v) is 10.4. The summed E-state index contributed by atoms with van der Waals surface area (Å²) in [5, 5.41) is 4.72. The van der Waals surface area contributed by atoms with Crippen molar-refractivity contribution in [2.75, 3.05) is 0 Å². The maximum Gasteiger partial charge on any atom is 0.166 e. The van der Waals surface area contributed by atoms with Crippen molar-refractivity contribution in [3.05, 3.63) is 248 Å². The number of aryl methyl sites for hydroxylation is 2. The van der Waals surface area contributed by atoms with Crippen LogP contribution in [0.3, 0.4) is 0 Å². The van der Waals surface area contributed by atoms with Gasteiger partial charge in [0, 0.05) is 43.9 Å². The Bertz CT molecular complexity index is 3970. The van der Waals surface area contributed by atoms with Crippen LogP contribution in [-0.2, 0) is 0 Å². The second-order valence-electron chi connectivity index (χ2n) is 18.2. The van der Waals surface area contributed by atoms with Gasteiger partial charge >= 0.3 is 0 Å². The zero-order valence-corrected chi connectivity index (χ0v) is 38.8. The smallest absolute Gasteiger partial charge is 0.166 e. The van der Waals surface area contributed by atoms with Gasteiger partial charge in [0.15, 0.2) is 17.5 Å². The first kappa shape index (κ1) is 41.0. The third-order valence-corrected chi connectivity index (χ3v) is 13.7. The molecule has 0 saturated carbocycles. The van der Waals surface area contributed by atoms with Crippen LogP contribution in [0.1, 0.15) is 11.1 Å². The van der Waals surface area contributed by atoms with Crippen molar-refractivity contribution in [2.45, 2.75) is 13.8 Å². The molecule has 13 rings (SSSR count). The van der Waals surface area contributed by atoms with E-state index < -0.39 is 0 Å². The quantitative estimate of drug-likeness (QED) is 0.153. The van der Waals surface area contributed by atoms with Gasteiger partial charge in [-0.25, -0.2) is 15.0 Å². The third-order valence-electron chi connectivity index (χ3n) is 13.7. The molecule has 70 heavy (non-hydrogen) atoms. The predicted molar refractivity (Wildman–Crippen MR) is 291 cm³/mol. The molecule has 0 spiro atoms. The molecule has 10 aromatic carbocycles. The van der Waals surface area contributed by atoms with Gasteiger partial charge in [0.25, 0.3) is 0 Å². The molecule has 0 amide bonds. The maximum absolute atomic E-state index is 5.41. The lowest BCUT2D eigenvalue weighted by Crippen LogP contribution is -2.04. The first-order valence-corrected chi connectivity index (χ1v) is 23.8. The molecule has 0 aliphatic heterocycles. The molecule has 0 aliphatic carbocycles. The highest BCUT2D eigenvalue weighted by molar-refractivity contribution is 6.16. The van der Waals surface area contributed by atoms with E-state index in [0.29, 0.717) is 17.5 Å². The largest absolute Gasteiger partial charge is 0.309 e. The maximum atomic E-state index is 5.41. The van der Waals surface area contributed by atoms with E-state index in [0.717, 1.165) is 61.3 Å². The van der Waals surface area contributed by atoms with Crippen LogP contribution < -0.4 is 0 Å². The van der Waals surface area contributed by atoms with Crippen molar-refractivity contribution in [1.82, 2.24) is 24.1 Å². The van der Waals surface area contributed by atoms with Crippen molar-refractivity contribution < 1.29 is 0 Å². The lowest BCUT2D eigenvalue weighted by Gasteiger charge is -2.17. The Kier molecular flexibility index (Phi) is 9.88. The van der Waals surface area contributed by atoms with Gasteiger partial charge in [-0.1, -0.05) is 187 Å². The van der Waals surface area contributed by atoms with Crippen molar-refractivity contribution in [2.24, 2.45) is 0 Å². The Morgan fingerprint density at radius 3 is 1.36 bits per heavy atom. The molecule has 0 unspecified atom stereocenters. The van der Waals surface area contributed by atoms with Crippen LogP contribution in [0.5, 0.6) is 0 Å². The molecule has 0 radical (unpaired) electrons. The molecule has 0 atom stereocenters. The van der Waals surface area contributed by atoms with Gasteiger partial charge in [-0.15, -0.1) is 0 Å². The number of hydrogen-bond acceptors (Lipinski definition) is 3. The van der Waals surface area contributed by atoms with Gasteiger partial charge in [0.2, 0.25) is 0 Å². The molecule has 0 saturated heterocycles. The third kappa shape index (κ3) is 7.06. The number of hydrogen-bond donors (Lipinski definition) is 0. The number of nitrogens with zero attached hydrogens (tertiary/aromatic N) is 5. The Hall–Kier alpha value is -9.19. The van der Waals surface area contributed by atoms with E-state index in [2.05, 4.69) is 223 Å². The summed E-state index contributed by atoms with van der Waals surface area (Å²) < 4.78 is 4.79. The Labute approximate surface area is 406 Å². The highest BCUT2D eigenvalue weighted by atomic mass is 15.1. The van der Waals surface area contributed by atoms with Gasteiger partial charge in [0.1, 0.15) is 0 Å². The first-order chi connectivity index (χ1) is 34.5. The minimum Gasteiger partial charge on any atom is -0.309 e. The molecule has 3 aromatic heterocycles. The highest BCUT2D eigenvalue weighted by Gasteiger charge is 2.23. The topological polar surface area (TPSA) is 48.5 Å². The monoisotopic (exact) mass is 895 g/mol. The molecule has 0 bridgehead atoms. The highest BCUT2D eigenvalue weighted by Crippen LogP contribution is 2.44. The van der Waals surface area contributed by atoms with Gasteiger partial charge < -0.3 is 9.13 Å². The van der Waals surface area contributed by atoms with Crippen LogP contribution in [-0.4, -0.2) is 24.1 Å². The van der Waals surface area contributed by atoms with E-state index in [1.165, 1.54) is 54.9 Å². The van der Waals surface area contributed by atoms with E-state index in [1.807, 2.05) is 36.4 Å². The fraction of sp³-hybridized carbons (Fsp3) is 0.0308. The van der Waals surface area contributed by atoms with E-state index in [4.69, 9.17) is 15.0 Å². The summed E-state index contributed by atoms with van der Waals surface area (Å²) in [6.07, 6.45) is 0. The molecule has 3 heterocycles. The number of rotatable bonds is 8. The van der Waals surface area contributed by atoms with E-state index >= 15 is 0 Å².